The molecule has 0 fully saturated rings. The van der Waals surface area contributed by atoms with Crippen LogP contribution in [-0.2, 0) is 0 Å². The Kier molecular flexibility index (Phi) is 3.24. The summed E-state index contributed by atoms with van der Waals surface area (Å²) in [5, 5.41) is 0.775. The molecule has 2 aromatic rings. The van der Waals surface area contributed by atoms with Gasteiger partial charge < -0.3 is 11.5 Å². The van der Waals surface area contributed by atoms with Gasteiger partial charge >= 0.3 is 0 Å². The summed E-state index contributed by atoms with van der Waals surface area (Å²) in [7, 11) is 0. The van der Waals surface area contributed by atoms with E-state index >= 15 is 0 Å². The smallest absolute Gasteiger partial charge is 0.209 e. The monoisotopic (exact) mass is 287 g/mol. The number of hydrogen-bond donors (Lipinski definition) is 2. The van der Waals surface area contributed by atoms with Crippen molar-refractivity contribution < 1.29 is 4.79 Å². The van der Waals surface area contributed by atoms with Gasteiger partial charge in [0.15, 0.2) is 5.13 Å². The molecule has 4 N–H and O–H groups in total. The van der Waals surface area contributed by atoms with Gasteiger partial charge in [-0.3, -0.25) is 4.79 Å². The van der Waals surface area contributed by atoms with E-state index in [1.54, 1.807) is 18.2 Å². The highest BCUT2D eigenvalue weighted by molar-refractivity contribution is 7.18. The minimum absolute atomic E-state index is 0.0912. The van der Waals surface area contributed by atoms with Gasteiger partial charge in [0.2, 0.25) is 5.78 Å². The standard InChI is InChI=1S/C10H7Cl2N3OS/c11-4-2-1-3-5(12)6(4)7(16)8-9(13)15-10(14)17-8/h1-3H,13H2,(H2,14,15). The van der Waals surface area contributed by atoms with Crippen LogP contribution in [0.4, 0.5) is 10.9 Å². The van der Waals surface area contributed by atoms with Crippen molar-refractivity contribution in [2.24, 2.45) is 0 Å². The zero-order valence-corrected chi connectivity index (χ0v) is 10.7. The molecule has 1 aromatic heterocycles. The lowest BCUT2D eigenvalue weighted by molar-refractivity contribution is 0.104. The van der Waals surface area contributed by atoms with Gasteiger partial charge in [-0.1, -0.05) is 40.6 Å². The number of halogens is 2. The summed E-state index contributed by atoms with van der Waals surface area (Å²) in [5.74, 6) is -0.277. The van der Waals surface area contributed by atoms with Crippen molar-refractivity contribution in [3.8, 4) is 0 Å². The van der Waals surface area contributed by atoms with Crippen LogP contribution in [0.25, 0.3) is 0 Å². The fraction of sp³-hybridized carbons (Fsp3) is 0. The van der Waals surface area contributed by atoms with Crippen molar-refractivity contribution in [3.63, 3.8) is 0 Å². The number of nitrogens with zero attached hydrogens (tertiary/aromatic N) is 1. The fourth-order valence-corrected chi connectivity index (χ4v) is 2.61. The second-order valence-electron chi connectivity index (χ2n) is 3.19. The highest BCUT2D eigenvalue weighted by atomic mass is 35.5. The van der Waals surface area contributed by atoms with Gasteiger partial charge in [-0.25, -0.2) is 4.98 Å². The number of anilines is 2. The molecule has 88 valence electrons. The van der Waals surface area contributed by atoms with Crippen LogP contribution in [0, 0.1) is 0 Å². The quantitative estimate of drug-likeness (QED) is 0.832. The zero-order valence-electron chi connectivity index (χ0n) is 8.41. The lowest BCUT2D eigenvalue weighted by Gasteiger charge is -2.04. The molecule has 0 aliphatic heterocycles. The number of aromatic nitrogens is 1. The third-order valence-corrected chi connectivity index (χ3v) is 3.59. The topological polar surface area (TPSA) is 82.0 Å². The lowest BCUT2D eigenvalue weighted by atomic mass is 10.1. The molecule has 0 aliphatic carbocycles. The number of nitrogen functional groups attached to an aromatic ring is 2. The van der Waals surface area contributed by atoms with Gasteiger partial charge in [0.05, 0.1) is 15.6 Å². The largest absolute Gasteiger partial charge is 0.382 e. The summed E-state index contributed by atoms with van der Waals surface area (Å²) in [5.41, 5.74) is 11.3. The van der Waals surface area contributed by atoms with Gasteiger partial charge in [0, 0.05) is 0 Å². The Hall–Kier alpha value is -1.30. The molecule has 0 bridgehead atoms. The zero-order chi connectivity index (χ0) is 12.6. The number of carbonyl (C=O) groups is 1. The van der Waals surface area contributed by atoms with Crippen LogP contribution >= 0.6 is 34.5 Å². The highest BCUT2D eigenvalue weighted by Crippen LogP contribution is 2.31. The number of nitrogens with two attached hydrogens (primary N) is 2. The maximum Gasteiger partial charge on any atom is 0.209 e. The van der Waals surface area contributed by atoms with E-state index in [9.17, 15) is 4.79 Å². The molecule has 0 spiro atoms. The first-order valence-corrected chi connectivity index (χ1v) is 6.08. The second kappa shape index (κ2) is 4.52. The van der Waals surface area contributed by atoms with Crippen LogP contribution in [0.1, 0.15) is 15.2 Å². The molecular weight excluding hydrogens is 281 g/mol. The Morgan fingerprint density at radius 1 is 1.24 bits per heavy atom. The molecule has 0 saturated heterocycles. The Balaban J connectivity index is 2.55. The molecule has 2 rings (SSSR count). The molecule has 0 radical (unpaired) electrons. The summed E-state index contributed by atoms with van der Waals surface area (Å²) in [6.07, 6.45) is 0. The Morgan fingerprint density at radius 2 is 1.82 bits per heavy atom. The van der Waals surface area contributed by atoms with Crippen molar-refractivity contribution in [1.82, 2.24) is 4.98 Å². The molecule has 0 amide bonds. The Labute approximate surface area is 111 Å². The predicted octanol–water partition coefficient (Wildman–Crippen LogP) is 2.85. The highest BCUT2D eigenvalue weighted by Gasteiger charge is 2.21. The molecule has 0 atom stereocenters. The van der Waals surface area contributed by atoms with Crippen LogP contribution in [0.5, 0.6) is 0 Å². The minimum Gasteiger partial charge on any atom is -0.382 e. The van der Waals surface area contributed by atoms with Crippen LogP contribution in [0.15, 0.2) is 18.2 Å². The van der Waals surface area contributed by atoms with E-state index < -0.39 is 0 Å². The number of carbonyl (C=O) groups excluding carboxylic acids is 1. The molecule has 0 aliphatic rings. The maximum absolute atomic E-state index is 12.2. The molecule has 17 heavy (non-hydrogen) atoms. The van der Waals surface area contributed by atoms with E-state index in [4.69, 9.17) is 34.7 Å². The van der Waals surface area contributed by atoms with Crippen LogP contribution < -0.4 is 11.5 Å². The third-order valence-electron chi connectivity index (χ3n) is 2.07. The molecule has 4 nitrogen and oxygen atoms in total. The van der Waals surface area contributed by atoms with Gasteiger partial charge in [0.25, 0.3) is 0 Å². The first-order valence-electron chi connectivity index (χ1n) is 4.51. The van der Waals surface area contributed by atoms with Gasteiger partial charge in [-0.2, -0.15) is 0 Å². The predicted molar refractivity (Wildman–Crippen MR) is 70.8 cm³/mol. The normalized spacial score (nSPS) is 10.5. The average Bonchev–Trinajstić information content (AvgIpc) is 2.57. The van der Waals surface area contributed by atoms with E-state index in [2.05, 4.69) is 4.98 Å². The minimum atomic E-state index is -0.368. The number of hydrogen-bond acceptors (Lipinski definition) is 5. The number of rotatable bonds is 2. The first kappa shape index (κ1) is 12.2. The Bertz CT molecular complexity index is 577. The van der Waals surface area contributed by atoms with Crippen molar-refractivity contribution in [2.45, 2.75) is 0 Å². The summed E-state index contributed by atoms with van der Waals surface area (Å²) in [4.78, 5) is 16.2. The van der Waals surface area contributed by atoms with Crippen LogP contribution in [-0.4, -0.2) is 10.8 Å². The van der Waals surface area contributed by atoms with Crippen LogP contribution in [0.3, 0.4) is 0 Å². The van der Waals surface area contributed by atoms with Crippen LogP contribution in [0.2, 0.25) is 10.0 Å². The van der Waals surface area contributed by atoms with E-state index in [1.165, 1.54) is 0 Å². The number of ketones is 1. The summed E-state index contributed by atoms with van der Waals surface area (Å²) < 4.78 is 0. The second-order valence-corrected chi connectivity index (χ2v) is 5.04. The summed E-state index contributed by atoms with van der Waals surface area (Å²) in [6.45, 7) is 0. The van der Waals surface area contributed by atoms with E-state index in [0.29, 0.717) is 0 Å². The van der Waals surface area contributed by atoms with Crippen molar-refractivity contribution in [2.75, 3.05) is 11.5 Å². The number of thiazole rings is 1. The molecule has 0 saturated carbocycles. The molecular formula is C10H7Cl2N3OS. The van der Waals surface area contributed by atoms with E-state index in [-0.39, 0.29) is 37.2 Å². The molecule has 7 heteroatoms. The molecule has 0 unspecified atom stereocenters. The van der Waals surface area contributed by atoms with E-state index in [0.717, 1.165) is 11.3 Å². The van der Waals surface area contributed by atoms with Gasteiger partial charge in [0.1, 0.15) is 10.7 Å². The lowest BCUT2D eigenvalue weighted by Crippen LogP contribution is -2.04. The van der Waals surface area contributed by atoms with Crippen molar-refractivity contribution in [1.29, 1.82) is 0 Å². The first-order chi connectivity index (χ1) is 8.00. The van der Waals surface area contributed by atoms with Gasteiger partial charge in [-0.15, -0.1) is 0 Å². The van der Waals surface area contributed by atoms with E-state index in [1.807, 2.05) is 0 Å². The fourth-order valence-electron chi connectivity index (χ4n) is 1.34. The maximum atomic E-state index is 12.2. The average molecular weight is 288 g/mol. The summed E-state index contributed by atoms with van der Waals surface area (Å²) >= 11 is 12.9. The van der Waals surface area contributed by atoms with Crippen molar-refractivity contribution in [3.05, 3.63) is 38.7 Å². The van der Waals surface area contributed by atoms with Crippen molar-refractivity contribution >= 4 is 51.3 Å². The SMILES string of the molecule is Nc1nc(N)c(C(=O)c2c(Cl)cccc2Cl)s1. The van der Waals surface area contributed by atoms with Gasteiger partial charge in [-0.05, 0) is 12.1 Å². The molecule has 1 aromatic carbocycles. The molecule has 1 heterocycles. The Morgan fingerprint density at radius 3 is 2.29 bits per heavy atom. The number of benzene rings is 1. The summed E-state index contributed by atoms with van der Waals surface area (Å²) in [6, 6.07) is 4.83. The third kappa shape index (κ3) is 2.22.